The van der Waals surface area contributed by atoms with E-state index in [-0.39, 0.29) is 26.1 Å². The minimum absolute atomic E-state index is 0.0788. The van der Waals surface area contributed by atoms with Gasteiger partial charge in [0.25, 0.3) is 10.2 Å². The molecular weight excluding hydrogens is 264 g/mol. The highest BCUT2D eigenvalue weighted by Crippen LogP contribution is 2.05. The fourth-order valence-electron chi connectivity index (χ4n) is 1.51. The zero-order valence-corrected chi connectivity index (χ0v) is 11.0. The molecule has 0 bridgehead atoms. The summed E-state index contributed by atoms with van der Waals surface area (Å²) in [5.41, 5.74) is 0. The number of nitrogens with zero attached hydrogens (tertiary/aromatic N) is 1. The zero-order valence-electron chi connectivity index (χ0n) is 10.2. The summed E-state index contributed by atoms with van der Waals surface area (Å²) in [4.78, 5) is 10.9. The molecule has 1 fully saturated rings. The molecule has 18 heavy (non-hydrogen) atoms. The first-order valence-corrected chi connectivity index (χ1v) is 6.98. The van der Waals surface area contributed by atoms with Crippen LogP contribution in [0.5, 0.6) is 0 Å². The number of rotatable bonds is 7. The molecule has 0 saturated carbocycles. The molecule has 1 aliphatic rings. The van der Waals surface area contributed by atoms with Gasteiger partial charge in [-0.2, -0.15) is 17.4 Å². The summed E-state index contributed by atoms with van der Waals surface area (Å²) in [7, 11) is -2.37. The number of hydrogen-bond donors (Lipinski definition) is 2. The summed E-state index contributed by atoms with van der Waals surface area (Å²) in [6.45, 7) is 1.26. The van der Waals surface area contributed by atoms with Crippen LogP contribution < -0.4 is 4.72 Å². The molecule has 2 N–H and O–H groups in total. The van der Waals surface area contributed by atoms with Crippen molar-refractivity contribution in [3.8, 4) is 0 Å². The Morgan fingerprint density at radius 3 is 2.61 bits per heavy atom. The Labute approximate surface area is 106 Å². The smallest absolute Gasteiger partial charge is 0.321 e. The second kappa shape index (κ2) is 7.00. The van der Waals surface area contributed by atoms with Crippen molar-refractivity contribution in [1.29, 1.82) is 0 Å². The molecule has 0 aromatic heterocycles. The standard InChI is InChI=1S/C9H18N2O6S/c1-16-5-2-8(9(12)13)10-18(14,15)11-3-6-17-7-4-11/h8,10H,2-7H2,1H3,(H,12,13). The van der Waals surface area contributed by atoms with Crippen molar-refractivity contribution in [3.63, 3.8) is 0 Å². The van der Waals surface area contributed by atoms with Gasteiger partial charge in [-0.25, -0.2) is 0 Å². The Morgan fingerprint density at radius 2 is 2.11 bits per heavy atom. The summed E-state index contributed by atoms with van der Waals surface area (Å²) >= 11 is 0. The van der Waals surface area contributed by atoms with Gasteiger partial charge < -0.3 is 14.6 Å². The number of carboxylic acids is 1. The fourth-order valence-corrected chi connectivity index (χ4v) is 2.87. The van der Waals surface area contributed by atoms with E-state index in [1.807, 2.05) is 0 Å². The minimum Gasteiger partial charge on any atom is -0.480 e. The van der Waals surface area contributed by atoms with Crippen LogP contribution in [0.2, 0.25) is 0 Å². The van der Waals surface area contributed by atoms with Crippen molar-refractivity contribution < 1.29 is 27.8 Å². The largest absolute Gasteiger partial charge is 0.480 e. The van der Waals surface area contributed by atoms with Crippen LogP contribution in [0.3, 0.4) is 0 Å². The molecule has 1 aliphatic heterocycles. The molecule has 0 aliphatic carbocycles. The third kappa shape index (κ3) is 4.50. The molecule has 0 spiro atoms. The highest BCUT2D eigenvalue weighted by atomic mass is 32.2. The van der Waals surface area contributed by atoms with Gasteiger partial charge in [0.1, 0.15) is 6.04 Å². The predicted octanol–water partition coefficient (Wildman–Crippen LogP) is -1.36. The Hall–Kier alpha value is -0.740. The maximum atomic E-state index is 11.9. The highest BCUT2D eigenvalue weighted by molar-refractivity contribution is 7.87. The van der Waals surface area contributed by atoms with E-state index in [2.05, 4.69) is 4.72 Å². The van der Waals surface area contributed by atoms with E-state index in [0.29, 0.717) is 13.2 Å². The van der Waals surface area contributed by atoms with Crippen LogP contribution in [-0.4, -0.2) is 69.9 Å². The zero-order chi connectivity index (χ0) is 13.6. The van der Waals surface area contributed by atoms with Crippen molar-refractivity contribution in [1.82, 2.24) is 9.03 Å². The fraction of sp³-hybridized carbons (Fsp3) is 0.889. The molecule has 8 nitrogen and oxygen atoms in total. The lowest BCUT2D eigenvalue weighted by molar-refractivity contribution is -0.139. The molecule has 0 aromatic carbocycles. The van der Waals surface area contributed by atoms with Gasteiger partial charge in [-0.15, -0.1) is 0 Å². The van der Waals surface area contributed by atoms with E-state index in [1.54, 1.807) is 0 Å². The number of ether oxygens (including phenoxy) is 2. The number of morpholine rings is 1. The molecule has 1 atom stereocenters. The molecule has 0 amide bonds. The normalized spacial score (nSPS) is 19.6. The van der Waals surface area contributed by atoms with Gasteiger partial charge in [0, 0.05) is 26.8 Å². The number of nitrogens with one attached hydrogen (secondary N) is 1. The second-order valence-electron chi connectivity index (χ2n) is 3.81. The van der Waals surface area contributed by atoms with Gasteiger partial charge >= 0.3 is 5.97 Å². The van der Waals surface area contributed by atoms with Crippen LogP contribution in [0, 0.1) is 0 Å². The Kier molecular flexibility index (Phi) is 5.96. The van der Waals surface area contributed by atoms with Crippen molar-refractivity contribution in [3.05, 3.63) is 0 Å². The first-order chi connectivity index (χ1) is 8.47. The summed E-state index contributed by atoms with van der Waals surface area (Å²) in [5.74, 6) is -1.22. The SMILES string of the molecule is COCCC(NS(=O)(=O)N1CCOCC1)C(=O)O. The van der Waals surface area contributed by atoms with Crippen molar-refractivity contribution in [2.75, 3.05) is 40.0 Å². The number of carboxylic acid groups (broad SMARTS) is 1. The quantitative estimate of drug-likeness (QED) is 0.597. The highest BCUT2D eigenvalue weighted by Gasteiger charge is 2.29. The van der Waals surface area contributed by atoms with E-state index in [4.69, 9.17) is 14.6 Å². The maximum Gasteiger partial charge on any atom is 0.321 e. The average molecular weight is 282 g/mol. The lowest BCUT2D eigenvalue weighted by atomic mass is 10.2. The van der Waals surface area contributed by atoms with Crippen LogP contribution in [0.1, 0.15) is 6.42 Å². The van der Waals surface area contributed by atoms with Gasteiger partial charge in [0.15, 0.2) is 0 Å². The molecule has 9 heteroatoms. The number of carbonyl (C=O) groups is 1. The monoisotopic (exact) mass is 282 g/mol. The average Bonchev–Trinajstić information content (AvgIpc) is 2.35. The van der Waals surface area contributed by atoms with Crippen molar-refractivity contribution in [2.24, 2.45) is 0 Å². The Bertz CT molecular complexity index is 365. The summed E-state index contributed by atoms with van der Waals surface area (Å²) in [6, 6.07) is -1.18. The maximum absolute atomic E-state index is 11.9. The molecule has 1 unspecified atom stereocenters. The van der Waals surface area contributed by atoms with Crippen LogP contribution in [0.15, 0.2) is 0 Å². The summed E-state index contributed by atoms with van der Waals surface area (Å²) in [5, 5.41) is 8.94. The number of methoxy groups -OCH3 is 1. The molecular formula is C9H18N2O6S. The van der Waals surface area contributed by atoms with Crippen molar-refractivity contribution >= 4 is 16.2 Å². The van der Waals surface area contributed by atoms with Gasteiger partial charge in [-0.05, 0) is 6.42 Å². The minimum atomic E-state index is -3.79. The first kappa shape index (κ1) is 15.3. The molecule has 0 radical (unpaired) electrons. The summed E-state index contributed by atoms with van der Waals surface area (Å²) < 4.78 is 37.0. The van der Waals surface area contributed by atoms with Crippen LogP contribution in [-0.2, 0) is 24.5 Å². The van der Waals surface area contributed by atoms with E-state index in [1.165, 1.54) is 11.4 Å². The molecule has 1 heterocycles. The van der Waals surface area contributed by atoms with Gasteiger partial charge in [-0.1, -0.05) is 0 Å². The Morgan fingerprint density at radius 1 is 1.50 bits per heavy atom. The predicted molar refractivity (Wildman–Crippen MR) is 62.4 cm³/mol. The lowest BCUT2D eigenvalue weighted by Gasteiger charge is -2.27. The lowest BCUT2D eigenvalue weighted by Crippen LogP contribution is -2.51. The van der Waals surface area contributed by atoms with Gasteiger partial charge in [0.05, 0.1) is 13.2 Å². The molecule has 1 rings (SSSR count). The third-order valence-electron chi connectivity index (χ3n) is 2.51. The van der Waals surface area contributed by atoms with Crippen LogP contribution >= 0.6 is 0 Å². The molecule has 1 saturated heterocycles. The molecule has 106 valence electrons. The van der Waals surface area contributed by atoms with Gasteiger partial charge in [-0.3, -0.25) is 4.79 Å². The van der Waals surface area contributed by atoms with E-state index in [9.17, 15) is 13.2 Å². The topological polar surface area (TPSA) is 105 Å². The first-order valence-electron chi connectivity index (χ1n) is 5.54. The van der Waals surface area contributed by atoms with Crippen molar-refractivity contribution in [2.45, 2.75) is 12.5 Å². The number of hydrogen-bond acceptors (Lipinski definition) is 5. The van der Waals surface area contributed by atoms with E-state index in [0.717, 1.165) is 0 Å². The van der Waals surface area contributed by atoms with Crippen LogP contribution in [0.4, 0.5) is 0 Å². The summed E-state index contributed by atoms with van der Waals surface area (Å²) in [6.07, 6.45) is 0.0788. The number of aliphatic carboxylic acids is 1. The van der Waals surface area contributed by atoms with Crippen LogP contribution in [0.25, 0.3) is 0 Å². The molecule has 0 aromatic rings. The van der Waals surface area contributed by atoms with E-state index < -0.39 is 22.2 Å². The third-order valence-corrected chi connectivity index (χ3v) is 4.14. The Balaban J connectivity index is 2.62. The van der Waals surface area contributed by atoms with Gasteiger partial charge in [0.2, 0.25) is 0 Å². The van der Waals surface area contributed by atoms with E-state index >= 15 is 0 Å². The second-order valence-corrected chi connectivity index (χ2v) is 5.51.